The van der Waals surface area contributed by atoms with E-state index in [1.54, 1.807) is 0 Å². The third kappa shape index (κ3) is 4.64. The maximum absolute atomic E-state index is 3.38. The number of nitrogens with one attached hydrogen (secondary N) is 3. The van der Waals surface area contributed by atoms with E-state index in [4.69, 9.17) is 0 Å². The minimum atomic E-state index is -0.0334. The summed E-state index contributed by atoms with van der Waals surface area (Å²) in [5.74, 6) is 0. The molecule has 95 valence electrons. The molecule has 0 rings (SSSR count). The van der Waals surface area contributed by atoms with Gasteiger partial charge in [0.05, 0.1) is 0 Å². The van der Waals surface area contributed by atoms with Gasteiger partial charge in [0.15, 0.2) is 0 Å². The first-order valence-corrected chi connectivity index (χ1v) is 5.94. The third-order valence-electron chi connectivity index (χ3n) is 3.24. The molecule has 0 aliphatic rings. The predicted octanol–water partition coefficient (Wildman–Crippen LogP) is 1.33. The zero-order chi connectivity index (χ0) is 12.8. The average Bonchev–Trinajstić information content (AvgIpc) is 2.26. The molecule has 0 spiro atoms. The Morgan fingerprint density at radius 1 is 1.12 bits per heavy atom. The molecule has 0 aliphatic carbocycles. The van der Waals surface area contributed by atoms with Crippen molar-refractivity contribution in [2.45, 2.75) is 45.3 Å². The monoisotopic (exact) mass is 226 g/mol. The Labute approximate surface area is 101 Å². The zero-order valence-corrected chi connectivity index (χ0v) is 11.8. The van der Waals surface area contributed by atoms with Gasteiger partial charge in [0.2, 0.25) is 0 Å². The summed E-state index contributed by atoms with van der Waals surface area (Å²) < 4.78 is 0. The molecule has 0 saturated heterocycles. The lowest BCUT2D eigenvalue weighted by Crippen LogP contribution is -2.57. The number of hydrogen-bond acceptors (Lipinski definition) is 3. The normalized spacial score (nSPS) is 18.7. The molecule has 3 heteroatoms. The second-order valence-electron chi connectivity index (χ2n) is 4.77. The summed E-state index contributed by atoms with van der Waals surface area (Å²) in [5.41, 5.74) is 1.29. The van der Waals surface area contributed by atoms with Gasteiger partial charge in [0.1, 0.15) is 0 Å². The standard InChI is InChI=1S/C13H28N3/c1-10(2)8-12(15-6)9-13(4,16-7)11(3)14-5/h8-9,11-12,14-16H,1-7H3. The number of likely N-dealkylation sites (N-methyl/N-ethyl adjacent to an activating group) is 3. The van der Waals surface area contributed by atoms with Crippen molar-refractivity contribution in [3.63, 3.8) is 0 Å². The van der Waals surface area contributed by atoms with Crippen LogP contribution in [-0.4, -0.2) is 38.8 Å². The van der Waals surface area contributed by atoms with E-state index in [9.17, 15) is 0 Å². The Hall–Kier alpha value is -0.380. The molecule has 0 bridgehead atoms. The minimum Gasteiger partial charge on any atom is -0.315 e. The van der Waals surface area contributed by atoms with Crippen LogP contribution in [0.2, 0.25) is 0 Å². The molecule has 3 unspecified atom stereocenters. The molecule has 0 aromatic rings. The first kappa shape index (κ1) is 15.6. The fourth-order valence-corrected chi connectivity index (χ4v) is 1.69. The van der Waals surface area contributed by atoms with Crippen molar-refractivity contribution in [2.75, 3.05) is 21.1 Å². The maximum atomic E-state index is 3.38. The van der Waals surface area contributed by atoms with Gasteiger partial charge in [-0.25, -0.2) is 0 Å². The average molecular weight is 226 g/mol. The van der Waals surface area contributed by atoms with Gasteiger partial charge in [-0.3, -0.25) is 0 Å². The van der Waals surface area contributed by atoms with E-state index in [2.05, 4.69) is 56.1 Å². The van der Waals surface area contributed by atoms with Crippen molar-refractivity contribution < 1.29 is 0 Å². The van der Waals surface area contributed by atoms with Crippen LogP contribution in [0.5, 0.6) is 0 Å². The molecule has 0 aromatic carbocycles. The summed E-state index contributed by atoms with van der Waals surface area (Å²) in [6.07, 6.45) is 4.54. The van der Waals surface area contributed by atoms with E-state index in [1.807, 2.05) is 21.1 Å². The highest BCUT2D eigenvalue weighted by Crippen LogP contribution is 2.16. The Balaban J connectivity index is 4.67. The van der Waals surface area contributed by atoms with Gasteiger partial charge in [0.25, 0.3) is 0 Å². The predicted molar refractivity (Wildman–Crippen MR) is 72.6 cm³/mol. The molecule has 0 saturated carbocycles. The Morgan fingerprint density at radius 3 is 2.00 bits per heavy atom. The van der Waals surface area contributed by atoms with Gasteiger partial charge in [-0.15, -0.1) is 0 Å². The van der Waals surface area contributed by atoms with E-state index in [0.29, 0.717) is 12.1 Å². The fourth-order valence-electron chi connectivity index (χ4n) is 1.69. The van der Waals surface area contributed by atoms with Crippen LogP contribution in [-0.2, 0) is 0 Å². The quantitative estimate of drug-likeness (QED) is 0.573. The fraction of sp³-hybridized carbons (Fsp3) is 0.769. The summed E-state index contributed by atoms with van der Waals surface area (Å²) in [7, 11) is 5.98. The highest BCUT2D eigenvalue weighted by molar-refractivity contribution is 5.15. The SMILES string of the molecule is CNC([CH]C(C)(NC)C(C)NC)C=C(C)C. The number of rotatable bonds is 7. The Morgan fingerprint density at radius 2 is 1.69 bits per heavy atom. The summed E-state index contributed by atoms with van der Waals surface area (Å²) >= 11 is 0. The molecule has 3 nitrogen and oxygen atoms in total. The molecular formula is C13H28N3. The van der Waals surface area contributed by atoms with Crippen LogP contribution in [0.3, 0.4) is 0 Å². The first-order chi connectivity index (χ1) is 7.39. The second-order valence-corrected chi connectivity index (χ2v) is 4.77. The summed E-state index contributed by atoms with van der Waals surface area (Å²) in [5, 5.41) is 9.98. The van der Waals surface area contributed by atoms with Crippen molar-refractivity contribution in [3.8, 4) is 0 Å². The lowest BCUT2D eigenvalue weighted by Gasteiger charge is -2.37. The highest BCUT2D eigenvalue weighted by atomic mass is 15.0. The van der Waals surface area contributed by atoms with E-state index in [-0.39, 0.29) is 5.54 Å². The molecule has 0 heterocycles. The molecule has 3 atom stereocenters. The van der Waals surface area contributed by atoms with Crippen LogP contribution in [0, 0.1) is 6.42 Å². The molecule has 0 fully saturated rings. The molecule has 3 N–H and O–H groups in total. The largest absolute Gasteiger partial charge is 0.315 e. The minimum absolute atomic E-state index is 0.0334. The van der Waals surface area contributed by atoms with E-state index < -0.39 is 0 Å². The van der Waals surface area contributed by atoms with Crippen LogP contribution >= 0.6 is 0 Å². The van der Waals surface area contributed by atoms with Gasteiger partial charge < -0.3 is 16.0 Å². The van der Waals surface area contributed by atoms with E-state index in [1.165, 1.54) is 5.57 Å². The first-order valence-electron chi connectivity index (χ1n) is 5.94. The Bertz CT molecular complexity index is 221. The summed E-state index contributed by atoms with van der Waals surface area (Å²) in [4.78, 5) is 0. The van der Waals surface area contributed by atoms with Crippen LogP contribution in [0.25, 0.3) is 0 Å². The van der Waals surface area contributed by atoms with Crippen molar-refractivity contribution in [2.24, 2.45) is 0 Å². The topological polar surface area (TPSA) is 36.1 Å². The molecule has 0 aromatic heterocycles. The summed E-state index contributed by atoms with van der Waals surface area (Å²) in [6, 6.07) is 0.664. The van der Waals surface area contributed by atoms with Gasteiger partial charge in [0, 0.05) is 24.0 Å². The molecule has 16 heavy (non-hydrogen) atoms. The highest BCUT2D eigenvalue weighted by Gasteiger charge is 2.30. The Kier molecular flexibility index (Phi) is 6.88. The lowest BCUT2D eigenvalue weighted by molar-refractivity contribution is 0.325. The van der Waals surface area contributed by atoms with Gasteiger partial charge in [-0.05, 0) is 48.8 Å². The van der Waals surface area contributed by atoms with E-state index in [0.717, 1.165) is 0 Å². The van der Waals surface area contributed by atoms with Gasteiger partial charge >= 0.3 is 0 Å². The van der Waals surface area contributed by atoms with Gasteiger partial charge in [-0.1, -0.05) is 11.6 Å². The third-order valence-corrected chi connectivity index (χ3v) is 3.24. The van der Waals surface area contributed by atoms with Crippen molar-refractivity contribution in [1.82, 2.24) is 16.0 Å². The lowest BCUT2D eigenvalue weighted by atomic mass is 9.86. The van der Waals surface area contributed by atoms with Crippen LogP contribution in [0.1, 0.15) is 27.7 Å². The second kappa shape index (κ2) is 7.05. The smallest absolute Gasteiger partial charge is 0.0351 e. The molecule has 1 radical (unpaired) electrons. The van der Waals surface area contributed by atoms with Crippen molar-refractivity contribution >= 4 is 0 Å². The van der Waals surface area contributed by atoms with Crippen LogP contribution < -0.4 is 16.0 Å². The zero-order valence-electron chi connectivity index (χ0n) is 11.8. The molecule has 0 amide bonds. The van der Waals surface area contributed by atoms with Crippen molar-refractivity contribution in [3.05, 3.63) is 18.1 Å². The van der Waals surface area contributed by atoms with Gasteiger partial charge in [-0.2, -0.15) is 0 Å². The van der Waals surface area contributed by atoms with Crippen LogP contribution in [0.4, 0.5) is 0 Å². The van der Waals surface area contributed by atoms with Crippen LogP contribution in [0.15, 0.2) is 11.6 Å². The number of allylic oxidation sites excluding steroid dienone is 1. The summed E-state index contributed by atoms with van der Waals surface area (Å²) in [6.45, 7) is 8.63. The maximum Gasteiger partial charge on any atom is 0.0351 e. The van der Waals surface area contributed by atoms with E-state index >= 15 is 0 Å². The molecular weight excluding hydrogens is 198 g/mol. The molecule has 0 aliphatic heterocycles. The number of hydrogen-bond donors (Lipinski definition) is 3. The van der Waals surface area contributed by atoms with Crippen molar-refractivity contribution in [1.29, 1.82) is 0 Å².